The number of amides is 1. The number of unbranched alkanes of at least 4 members (excludes halogenated alkanes) is 1. The highest BCUT2D eigenvalue weighted by atomic mass is 16.5. The van der Waals surface area contributed by atoms with Crippen molar-refractivity contribution in [2.75, 3.05) is 0 Å². The molecule has 0 spiro atoms. The van der Waals surface area contributed by atoms with Crippen LogP contribution in [0.15, 0.2) is 30.3 Å². The van der Waals surface area contributed by atoms with Crippen LogP contribution in [0.3, 0.4) is 0 Å². The molecule has 20 heavy (non-hydrogen) atoms. The average Bonchev–Trinajstić information content (AvgIpc) is 2.45. The fourth-order valence-electron chi connectivity index (χ4n) is 1.55. The van der Waals surface area contributed by atoms with E-state index in [2.05, 4.69) is 5.32 Å². The summed E-state index contributed by atoms with van der Waals surface area (Å²) in [7, 11) is 0. The molecule has 1 aromatic rings. The Labute approximate surface area is 117 Å². The molecule has 1 atom stereocenters. The SMILES string of the molecule is N#CCCCC(NC(=O)OCc1ccccc1)C(=O)O. The van der Waals surface area contributed by atoms with Crippen molar-refractivity contribution in [1.82, 2.24) is 5.32 Å². The lowest BCUT2D eigenvalue weighted by atomic mass is 10.1. The van der Waals surface area contributed by atoms with Crippen molar-refractivity contribution in [1.29, 1.82) is 5.26 Å². The van der Waals surface area contributed by atoms with Gasteiger partial charge in [0.25, 0.3) is 0 Å². The minimum absolute atomic E-state index is 0.0806. The second-order valence-electron chi connectivity index (χ2n) is 4.15. The van der Waals surface area contributed by atoms with Crippen molar-refractivity contribution in [3.8, 4) is 6.07 Å². The topological polar surface area (TPSA) is 99.4 Å². The van der Waals surface area contributed by atoms with Gasteiger partial charge in [0.2, 0.25) is 0 Å². The summed E-state index contributed by atoms with van der Waals surface area (Å²) < 4.78 is 4.94. The fourth-order valence-corrected chi connectivity index (χ4v) is 1.55. The monoisotopic (exact) mass is 276 g/mol. The number of hydrogen-bond donors (Lipinski definition) is 2. The van der Waals surface area contributed by atoms with Crippen LogP contribution in [0.2, 0.25) is 0 Å². The van der Waals surface area contributed by atoms with Crippen LogP contribution in [0.5, 0.6) is 0 Å². The Kier molecular flexibility index (Phi) is 6.62. The first-order valence-corrected chi connectivity index (χ1v) is 6.20. The highest BCUT2D eigenvalue weighted by Gasteiger charge is 2.20. The summed E-state index contributed by atoms with van der Waals surface area (Å²) in [5, 5.41) is 19.6. The van der Waals surface area contributed by atoms with Gasteiger partial charge < -0.3 is 15.2 Å². The molecule has 106 valence electrons. The minimum atomic E-state index is -1.14. The van der Waals surface area contributed by atoms with Gasteiger partial charge in [0.15, 0.2) is 0 Å². The summed E-state index contributed by atoms with van der Waals surface area (Å²) in [5.74, 6) is -1.14. The van der Waals surface area contributed by atoms with E-state index in [1.807, 2.05) is 24.3 Å². The number of carbonyl (C=O) groups is 2. The van der Waals surface area contributed by atoms with Gasteiger partial charge in [-0.3, -0.25) is 0 Å². The number of ether oxygens (including phenoxy) is 1. The smallest absolute Gasteiger partial charge is 0.408 e. The highest BCUT2D eigenvalue weighted by molar-refractivity contribution is 5.79. The van der Waals surface area contributed by atoms with Gasteiger partial charge in [-0.2, -0.15) is 5.26 Å². The van der Waals surface area contributed by atoms with Crippen molar-refractivity contribution in [2.24, 2.45) is 0 Å². The molecule has 0 saturated carbocycles. The number of hydrogen-bond acceptors (Lipinski definition) is 4. The molecule has 1 rings (SSSR count). The molecule has 1 amide bonds. The number of rotatable bonds is 7. The van der Waals surface area contributed by atoms with E-state index in [0.717, 1.165) is 5.56 Å². The molecule has 0 aliphatic heterocycles. The molecule has 0 aliphatic rings. The van der Waals surface area contributed by atoms with E-state index in [1.54, 1.807) is 12.1 Å². The van der Waals surface area contributed by atoms with Crippen molar-refractivity contribution >= 4 is 12.1 Å². The number of nitriles is 1. The van der Waals surface area contributed by atoms with Crippen LogP contribution in [0, 0.1) is 11.3 Å². The largest absolute Gasteiger partial charge is 0.480 e. The van der Waals surface area contributed by atoms with E-state index in [0.29, 0.717) is 6.42 Å². The van der Waals surface area contributed by atoms with Gasteiger partial charge in [0.1, 0.15) is 12.6 Å². The fraction of sp³-hybridized carbons (Fsp3) is 0.357. The van der Waals surface area contributed by atoms with Gasteiger partial charge in [0, 0.05) is 6.42 Å². The molecule has 1 unspecified atom stereocenters. The Hall–Kier alpha value is -2.55. The van der Waals surface area contributed by atoms with Crippen LogP contribution in [0.4, 0.5) is 4.79 Å². The number of carbonyl (C=O) groups excluding carboxylic acids is 1. The van der Waals surface area contributed by atoms with E-state index >= 15 is 0 Å². The lowest BCUT2D eigenvalue weighted by molar-refractivity contribution is -0.139. The van der Waals surface area contributed by atoms with Crippen molar-refractivity contribution in [3.63, 3.8) is 0 Å². The van der Waals surface area contributed by atoms with Crippen LogP contribution < -0.4 is 5.32 Å². The maximum Gasteiger partial charge on any atom is 0.408 e. The van der Waals surface area contributed by atoms with E-state index in [9.17, 15) is 9.59 Å². The van der Waals surface area contributed by atoms with Crippen molar-refractivity contribution in [3.05, 3.63) is 35.9 Å². The maximum atomic E-state index is 11.5. The number of aliphatic carboxylic acids is 1. The first kappa shape index (κ1) is 15.5. The van der Waals surface area contributed by atoms with Gasteiger partial charge in [-0.15, -0.1) is 0 Å². The van der Waals surface area contributed by atoms with Gasteiger partial charge in [0.05, 0.1) is 6.07 Å². The van der Waals surface area contributed by atoms with Gasteiger partial charge in [-0.05, 0) is 18.4 Å². The number of alkyl carbamates (subject to hydrolysis) is 1. The van der Waals surface area contributed by atoms with Gasteiger partial charge in [-0.1, -0.05) is 30.3 Å². The maximum absolute atomic E-state index is 11.5. The Balaban J connectivity index is 2.38. The van der Waals surface area contributed by atoms with Gasteiger partial charge >= 0.3 is 12.1 Å². The van der Waals surface area contributed by atoms with Crippen LogP contribution in [-0.2, 0) is 16.1 Å². The quantitative estimate of drug-likeness (QED) is 0.742. The lowest BCUT2D eigenvalue weighted by Gasteiger charge is -2.13. The Morgan fingerprint density at radius 3 is 2.65 bits per heavy atom. The molecule has 0 radical (unpaired) electrons. The third kappa shape index (κ3) is 5.87. The minimum Gasteiger partial charge on any atom is -0.480 e. The summed E-state index contributed by atoms with van der Waals surface area (Å²) in [6.45, 7) is 0.0806. The first-order valence-electron chi connectivity index (χ1n) is 6.20. The molecule has 6 nitrogen and oxygen atoms in total. The van der Waals surface area contributed by atoms with Crippen molar-refractivity contribution in [2.45, 2.75) is 31.9 Å². The molecular formula is C14H16N2O4. The standard InChI is InChI=1S/C14H16N2O4/c15-9-5-4-8-12(13(17)18)16-14(19)20-10-11-6-2-1-3-7-11/h1-3,6-7,12H,4-5,8,10H2,(H,16,19)(H,17,18). The molecule has 0 aromatic heterocycles. The van der Waals surface area contributed by atoms with E-state index in [-0.39, 0.29) is 19.4 Å². The summed E-state index contributed by atoms with van der Waals surface area (Å²) >= 11 is 0. The van der Waals surface area contributed by atoms with E-state index in [1.165, 1.54) is 0 Å². The number of carboxylic acids is 1. The summed E-state index contributed by atoms with van der Waals surface area (Å²) in [6, 6.07) is 9.97. The third-order valence-electron chi connectivity index (χ3n) is 2.58. The first-order chi connectivity index (χ1) is 9.63. The van der Waals surface area contributed by atoms with Gasteiger partial charge in [-0.25, -0.2) is 9.59 Å². The normalized spacial score (nSPS) is 11.2. The second kappa shape index (κ2) is 8.53. The zero-order chi connectivity index (χ0) is 14.8. The summed E-state index contributed by atoms with van der Waals surface area (Å²) in [6.07, 6.45) is 0.0820. The number of carboxylic acid groups (broad SMARTS) is 1. The molecule has 6 heteroatoms. The summed E-state index contributed by atoms with van der Waals surface area (Å²) in [5.41, 5.74) is 0.819. The molecule has 0 bridgehead atoms. The zero-order valence-corrected chi connectivity index (χ0v) is 10.9. The van der Waals surface area contributed by atoms with Crippen LogP contribution in [-0.4, -0.2) is 23.2 Å². The van der Waals surface area contributed by atoms with Crippen molar-refractivity contribution < 1.29 is 19.4 Å². The van der Waals surface area contributed by atoms with Crippen LogP contribution in [0.1, 0.15) is 24.8 Å². The van der Waals surface area contributed by atoms with Crippen LogP contribution >= 0.6 is 0 Å². The Morgan fingerprint density at radius 2 is 2.05 bits per heavy atom. The third-order valence-corrected chi connectivity index (χ3v) is 2.58. The second-order valence-corrected chi connectivity index (χ2v) is 4.15. The molecule has 1 aromatic carbocycles. The molecule has 0 saturated heterocycles. The number of benzene rings is 1. The summed E-state index contributed by atoms with van der Waals surface area (Å²) in [4.78, 5) is 22.5. The molecular weight excluding hydrogens is 260 g/mol. The number of nitrogens with one attached hydrogen (secondary N) is 1. The molecule has 0 aliphatic carbocycles. The van der Waals surface area contributed by atoms with E-state index in [4.69, 9.17) is 15.1 Å². The van der Waals surface area contributed by atoms with Crippen LogP contribution in [0.25, 0.3) is 0 Å². The lowest BCUT2D eigenvalue weighted by Crippen LogP contribution is -2.40. The molecule has 0 fully saturated rings. The Morgan fingerprint density at radius 1 is 1.35 bits per heavy atom. The van der Waals surface area contributed by atoms with E-state index < -0.39 is 18.1 Å². The predicted octanol–water partition coefficient (Wildman–Crippen LogP) is 2.06. The highest BCUT2D eigenvalue weighted by Crippen LogP contribution is 2.03. The Bertz CT molecular complexity index is 482. The molecule has 0 heterocycles. The zero-order valence-electron chi connectivity index (χ0n) is 10.9. The number of nitrogens with zero attached hydrogens (tertiary/aromatic N) is 1. The molecule has 2 N–H and O–H groups in total. The average molecular weight is 276 g/mol. The predicted molar refractivity (Wildman–Crippen MR) is 70.7 cm³/mol.